The van der Waals surface area contributed by atoms with Crippen LogP contribution in [0.1, 0.15) is 33.1 Å². The molecule has 1 aliphatic heterocycles. The molecule has 2 aliphatic rings. The number of amides is 1. The molecule has 1 unspecified atom stereocenters. The maximum Gasteiger partial charge on any atom is 0.224 e. The Balaban J connectivity index is 1.20. The van der Waals surface area contributed by atoms with E-state index < -0.39 is 5.91 Å². The quantitative estimate of drug-likeness (QED) is 0.284. The predicted octanol–water partition coefficient (Wildman–Crippen LogP) is 3.27. The number of anilines is 4. The molecule has 1 saturated carbocycles. The lowest BCUT2D eigenvalue weighted by molar-refractivity contribution is -0.121. The van der Waals surface area contributed by atoms with E-state index in [2.05, 4.69) is 40.5 Å². The number of rotatable bonds is 9. The Hall–Kier alpha value is -3.55. The average molecular weight is 597 g/mol. The van der Waals surface area contributed by atoms with E-state index in [9.17, 15) is 9.59 Å². The Labute approximate surface area is 247 Å². The molecule has 6 N–H and O–H groups in total. The highest BCUT2D eigenvalue weighted by Crippen LogP contribution is 2.46. The number of Topliss-reactive ketones (excluding diaryl/α,β-unsaturated/α-hetero) is 1. The van der Waals surface area contributed by atoms with Crippen LogP contribution in [-0.2, 0) is 9.59 Å². The van der Waals surface area contributed by atoms with Crippen molar-refractivity contribution in [2.24, 2.45) is 28.7 Å². The van der Waals surface area contributed by atoms with Gasteiger partial charge in [0, 0.05) is 55.3 Å². The molecule has 1 saturated heterocycles. The first-order valence-corrected chi connectivity index (χ1v) is 14.7. The Morgan fingerprint density at radius 3 is 2.61 bits per heavy atom. The van der Waals surface area contributed by atoms with Crippen LogP contribution in [0.15, 0.2) is 46.8 Å². The van der Waals surface area contributed by atoms with Gasteiger partial charge in [-0.25, -0.2) is 19.9 Å². The van der Waals surface area contributed by atoms with Gasteiger partial charge in [0.1, 0.15) is 22.4 Å². The van der Waals surface area contributed by atoms with Crippen LogP contribution < -0.4 is 27.0 Å². The maximum absolute atomic E-state index is 12.3. The van der Waals surface area contributed by atoms with Crippen molar-refractivity contribution in [1.82, 2.24) is 24.9 Å². The van der Waals surface area contributed by atoms with Gasteiger partial charge in [-0.1, -0.05) is 37.2 Å². The molecule has 3 atom stereocenters. The van der Waals surface area contributed by atoms with Crippen LogP contribution in [-0.4, -0.2) is 62.3 Å². The van der Waals surface area contributed by atoms with Crippen molar-refractivity contribution < 1.29 is 9.59 Å². The number of halogens is 1. The highest BCUT2D eigenvalue weighted by atomic mass is 35.5. The molecule has 4 heterocycles. The lowest BCUT2D eigenvalue weighted by Gasteiger charge is -2.42. The maximum atomic E-state index is 12.3. The Kier molecular flexibility index (Phi) is 8.57. The van der Waals surface area contributed by atoms with Crippen LogP contribution in [0.4, 0.5) is 23.4 Å². The van der Waals surface area contributed by atoms with Crippen LogP contribution >= 0.6 is 23.4 Å². The fourth-order valence-corrected chi connectivity index (χ4v) is 6.28. The summed E-state index contributed by atoms with van der Waals surface area (Å²) < 4.78 is 0. The summed E-state index contributed by atoms with van der Waals surface area (Å²) in [4.78, 5) is 48.7. The van der Waals surface area contributed by atoms with E-state index in [1.54, 1.807) is 37.8 Å². The van der Waals surface area contributed by atoms with E-state index in [-0.39, 0.29) is 29.1 Å². The van der Waals surface area contributed by atoms with Crippen molar-refractivity contribution in [2.45, 2.75) is 49.1 Å². The van der Waals surface area contributed by atoms with Gasteiger partial charge in [-0.15, -0.1) is 0 Å². The lowest BCUT2D eigenvalue weighted by Crippen LogP contribution is -2.48. The number of ketones is 1. The third-order valence-electron chi connectivity index (χ3n) is 8.00. The van der Waals surface area contributed by atoms with Crippen LogP contribution in [0, 0.1) is 17.3 Å². The molecule has 3 aromatic heterocycles. The Morgan fingerprint density at radius 1 is 1.20 bits per heavy atom. The van der Waals surface area contributed by atoms with Gasteiger partial charge < -0.3 is 27.0 Å². The van der Waals surface area contributed by atoms with Crippen molar-refractivity contribution in [3.63, 3.8) is 0 Å². The van der Waals surface area contributed by atoms with Gasteiger partial charge in [-0.3, -0.25) is 9.59 Å². The smallest absolute Gasteiger partial charge is 0.224 e. The Bertz CT molecular complexity index is 1420. The van der Waals surface area contributed by atoms with E-state index in [0.717, 1.165) is 36.6 Å². The highest BCUT2D eigenvalue weighted by molar-refractivity contribution is 7.99. The van der Waals surface area contributed by atoms with Crippen LogP contribution in [0.5, 0.6) is 0 Å². The number of piperidine rings is 1. The average Bonchev–Trinajstić information content (AvgIpc) is 3.17. The molecule has 41 heavy (non-hydrogen) atoms. The van der Waals surface area contributed by atoms with Gasteiger partial charge in [-0.2, -0.15) is 4.98 Å². The molecule has 12 nitrogen and oxygen atoms in total. The summed E-state index contributed by atoms with van der Waals surface area (Å²) in [6.45, 7) is 5.58. The number of aromatic nitrogens is 5. The minimum Gasteiger partial charge on any atom is -0.369 e. The van der Waals surface area contributed by atoms with Gasteiger partial charge in [0.05, 0.1) is 23.3 Å². The fourth-order valence-electron chi connectivity index (χ4n) is 5.26. The number of primary amides is 1. The van der Waals surface area contributed by atoms with E-state index in [1.807, 2.05) is 13.0 Å². The SMILES string of the molecule is CC(CNc1nccc(Nc2nccc(Sc3cnc(N4CCC5(CC4)CC(=O)[C@@H](C)[C@@H]5N)cn3)c2Cl)n1)C(N)=O. The van der Waals surface area contributed by atoms with E-state index in [4.69, 9.17) is 23.1 Å². The summed E-state index contributed by atoms with van der Waals surface area (Å²) in [6, 6.07) is 3.42. The molecule has 2 fully saturated rings. The minimum absolute atomic E-state index is 0.0627. The number of pyridine rings is 1. The monoisotopic (exact) mass is 596 g/mol. The molecule has 14 heteroatoms. The number of nitrogens with zero attached hydrogens (tertiary/aromatic N) is 6. The minimum atomic E-state index is -0.404. The molecule has 216 valence electrons. The first-order chi connectivity index (χ1) is 19.6. The van der Waals surface area contributed by atoms with Crippen molar-refractivity contribution in [3.8, 4) is 0 Å². The lowest BCUT2D eigenvalue weighted by atomic mass is 9.73. The van der Waals surface area contributed by atoms with Crippen molar-refractivity contribution in [2.75, 3.05) is 35.2 Å². The predicted molar refractivity (Wildman–Crippen MR) is 158 cm³/mol. The molecule has 0 aromatic carbocycles. The van der Waals surface area contributed by atoms with Gasteiger partial charge in [-0.05, 0) is 30.4 Å². The molecule has 1 spiro atoms. The second-order valence-electron chi connectivity index (χ2n) is 10.7. The number of carbonyl (C=O) groups is 2. The fraction of sp³-hybridized carbons (Fsp3) is 0.444. The largest absolute Gasteiger partial charge is 0.369 e. The molecule has 3 aromatic rings. The summed E-state index contributed by atoms with van der Waals surface area (Å²) >= 11 is 8.06. The third-order valence-corrected chi connectivity index (χ3v) is 9.47. The van der Waals surface area contributed by atoms with Gasteiger partial charge in [0.15, 0.2) is 5.82 Å². The topological polar surface area (TPSA) is 178 Å². The zero-order valence-corrected chi connectivity index (χ0v) is 24.5. The highest BCUT2D eigenvalue weighted by Gasteiger charge is 2.50. The zero-order valence-electron chi connectivity index (χ0n) is 22.9. The van der Waals surface area contributed by atoms with Crippen molar-refractivity contribution in [3.05, 3.63) is 41.9 Å². The number of nitrogens with one attached hydrogen (secondary N) is 2. The van der Waals surface area contributed by atoms with E-state index in [1.165, 1.54) is 11.8 Å². The van der Waals surface area contributed by atoms with E-state index in [0.29, 0.717) is 40.6 Å². The summed E-state index contributed by atoms with van der Waals surface area (Å²) in [6.07, 6.45) is 9.07. The zero-order chi connectivity index (χ0) is 29.1. The summed E-state index contributed by atoms with van der Waals surface area (Å²) in [7, 11) is 0. The summed E-state index contributed by atoms with van der Waals surface area (Å²) in [5.74, 6) is 1.51. The molecule has 1 amide bonds. The summed E-state index contributed by atoms with van der Waals surface area (Å²) in [5, 5.41) is 7.22. The molecular weight excluding hydrogens is 564 g/mol. The Morgan fingerprint density at radius 2 is 1.95 bits per heavy atom. The molecule has 5 rings (SSSR count). The van der Waals surface area contributed by atoms with Crippen LogP contribution in [0.3, 0.4) is 0 Å². The molecule has 0 bridgehead atoms. The normalized spacial score (nSPS) is 20.7. The van der Waals surface area contributed by atoms with Crippen LogP contribution in [0.2, 0.25) is 5.02 Å². The van der Waals surface area contributed by atoms with Gasteiger partial charge in [0.25, 0.3) is 0 Å². The molecular formula is C27H33ClN10O2S. The standard InChI is InChI=1S/C27H33ClN10O2S/c1-15(24(30)40)12-35-26-32-8-4-19(37-26)36-25-22(28)18(3-7-31-25)41-21-14-33-20(13-34-21)38-9-5-27(6-10-38)11-17(39)16(2)23(27)29/h3-4,7-8,13-16,23H,5-6,9-12,29H2,1-2H3,(H2,30,40)(H2,31,32,35,36,37)/t15?,16-,23+/m1/s1. The second-order valence-corrected chi connectivity index (χ2v) is 12.1. The number of hydrogen-bond acceptors (Lipinski definition) is 12. The number of nitrogens with two attached hydrogens (primary N) is 2. The number of carbonyl (C=O) groups excluding carboxylic acids is 2. The first-order valence-electron chi connectivity index (χ1n) is 13.5. The van der Waals surface area contributed by atoms with E-state index >= 15 is 0 Å². The van der Waals surface area contributed by atoms with Gasteiger partial charge >= 0.3 is 0 Å². The second kappa shape index (κ2) is 12.1. The van der Waals surface area contributed by atoms with Crippen molar-refractivity contribution in [1.29, 1.82) is 0 Å². The molecule has 0 radical (unpaired) electrons. The first kappa shape index (κ1) is 29.0. The van der Waals surface area contributed by atoms with Crippen LogP contribution in [0.25, 0.3) is 0 Å². The summed E-state index contributed by atoms with van der Waals surface area (Å²) in [5.41, 5.74) is 11.7. The van der Waals surface area contributed by atoms with Crippen molar-refractivity contribution >= 4 is 58.5 Å². The van der Waals surface area contributed by atoms with Gasteiger partial charge in [0.2, 0.25) is 11.9 Å². The molecule has 1 aliphatic carbocycles. The number of hydrogen-bond donors (Lipinski definition) is 4. The third kappa shape index (κ3) is 6.36.